The van der Waals surface area contributed by atoms with Gasteiger partial charge in [0.25, 0.3) is 5.91 Å². The fraction of sp³-hybridized carbons (Fsp3) is 0.500. The van der Waals surface area contributed by atoms with Crippen molar-refractivity contribution in [3.05, 3.63) is 23.8 Å². The highest BCUT2D eigenvalue weighted by molar-refractivity contribution is 5.95. The van der Waals surface area contributed by atoms with Crippen LogP contribution in [0.2, 0.25) is 0 Å². The number of aromatic nitrogens is 2. The van der Waals surface area contributed by atoms with Crippen LogP contribution in [0.15, 0.2) is 12.5 Å². The zero-order valence-electron chi connectivity index (χ0n) is 10.7. The van der Waals surface area contributed by atoms with E-state index in [2.05, 4.69) is 9.97 Å². The number of carbonyl (C=O) groups is 2. The van der Waals surface area contributed by atoms with Gasteiger partial charge in [0, 0.05) is 12.7 Å². The van der Waals surface area contributed by atoms with Gasteiger partial charge in [-0.15, -0.1) is 0 Å². The molecule has 102 valence electrons. The predicted octanol–water partition coefficient (Wildman–Crippen LogP) is 0.0991. The Morgan fingerprint density at radius 1 is 1.47 bits per heavy atom. The first kappa shape index (κ1) is 13.4. The second kappa shape index (κ2) is 5.31. The van der Waals surface area contributed by atoms with Crippen LogP contribution in [0.3, 0.4) is 0 Å². The molecule has 7 heteroatoms. The molecule has 0 aliphatic carbocycles. The molecule has 1 saturated heterocycles. The van der Waals surface area contributed by atoms with Gasteiger partial charge in [0.15, 0.2) is 6.10 Å². The van der Waals surface area contributed by atoms with Crippen molar-refractivity contribution in [3.63, 3.8) is 0 Å². The molecular weight excluding hydrogens is 250 g/mol. The van der Waals surface area contributed by atoms with Crippen molar-refractivity contribution in [2.45, 2.75) is 26.1 Å². The number of hydrogen-bond acceptors (Lipinski definition) is 5. The van der Waals surface area contributed by atoms with E-state index in [4.69, 9.17) is 9.84 Å². The van der Waals surface area contributed by atoms with Crippen LogP contribution in [0.4, 0.5) is 0 Å². The smallest absolute Gasteiger partial charge is 0.334 e. The van der Waals surface area contributed by atoms with Crippen LogP contribution >= 0.6 is 0 Å². The molecule has 0 bridgehead atoms. The Balaban J connectivity index is 2.19. The molecule has 1 N–H and O–H groups in total. The van der Waals surface area contributed by atoms with Crippen LogP contribution < -0.4 is 0 Å². The van der Waals surface area contributed by atoms with Crippen LogP contribution in [-0.2, 0) is 9.53 Å². The lowest BCUT2D eigenvalue weighted by atomic mass is 10.1. The van der Waals surface area contributed by atoms with Gasteiger partial charge in [0.05, 0.1) is 23.9 Å². The van der Waals surface area contributed by atoms with Crippen molar-refractivity contribution in [1.82, 2.24) is 14.9 Å². The summed E-state index contributed by atoms with van der Waals surface area (Å²) in [5.41, 5.74) is 0.965. The molecule has 0 radical (unpaired) electrons. The van der Waals surface area contributed by atoms with Crippen LogP contribution in [0.5, 0.6) is 0 Å². The fourth-order valence-electron chi connectivity index (χ4n) is 2.02. The number of carbonyl (C=O) groups excluding carboxylic acids is 1. The third-order valence-electron chi connectivity index (χ3n) is 2.96. The monoisotopic (exact) mass is 265 g/mol. The van der Waals surface area contributed by atoms with E-state index in [1.165, 1.54) is 17.4 Å². The first-order valence-electron chi connectivity index (χ1n) is 5.93. The zero-order valence-corrected chi connectivity index (χ0v) is 10.7. The quantitative estimate of drug-likeness (QED) is 0.815. The topological polar surface area (TPSA) is 92.6 Å². The summed E-state index contributed by atoms with van der Waals surface area (Å²) in [5, 5.41) is 8.99. The Morgan fingerprint density at radius 3 is 2.84 bits per heavy atom. The van der Waals surface area contributed by atoms with E-state index in [1.807, 2.05) is 0 Å². The van der Waals surface area contributed by atoms with Crippen molar-refractivity contribution >= 4 is 11.9 Å². The van der Waals surface area contributed by atoms with Gasteiger partial charge in [-0.3, -0.25) is 4.79 Å². The van der Waals surface area contributed by atoms with Crippen molar-refractivity contribution in [1.29, 1.82) is 0 Å². The summed E-state index contributed by atoms with van der Waals surface area (Å²) in [4.78, 5) is 32.6. The molecule has 2 atom stereocenters. The average molecular weight is 265 g/mol. The van der Waals surface area contributed by atoms with E-state index in [0.717, 1.165) is 0 Å². The number of hydrogen-bond donors (Lipinski definition) is 1. The molecule has 0 saturated carbocycles. The lowest BCUT2D eigenvalue weighted by Gasteiger charge is -2.35. The van der Waals surface area contributed by atoms with Crippen molar-refractivity contribution < 1.29 is 19.4 Å². The van der Waals surface area contributed by atoms with E-state index in [-0.39, 0.29) is 18.6 Å². The van der Waals surface area contributed by atoms with Crippen molar-refractivity contribution in [2.24, 2.45) is 0 Å². The maximum absolute atomic E-state index is 12.3. The maximum Gasteiger partial charge on any atom is 0.334 e. The minimum absolute atomic E-state index is 0.0346. The molecule has 1 fully saturated rings. The Bertz CT molecular complexity index is 506. The molecule has 1 unspecified atom stereocenters. The van der Waals surface area contributed by atoms with Gasteiger partial charge in [-0.2, -0.15) is 0 Å². The summed E-state index contributed by atoms with van der Waals surface area (Å²) in [6.07, 6.45) is 1.51. The van der Waals surface area contributed by atoms with Gasteiger partial charge in [-0.25, -0.2) is 14.8 Å². The fourth-order valence-corrected chi connectivity index (χ4v) is 2.02. The van der Waals surface area contributed by atoms with Gasteiger partial charge in [0.1, 0.15) is 6.33 Å². The number of ether oxygens (including phenoxy) is 1. The number of rotatable bonds is 2. The maximum atomic E-state index is 12.3. The third kappa shape index (κ3) is 2.87. The molecule has 0 spiro atoms. The number of morpholine rings is 1. The molecule has 1 amide bonds. The predicted molar refractivity (Wildman–Crippen MR) is 64.6 cm³/mol. The summed E-state index contributed by atoms with van der Waals surface area (Å²) < 4.78 is 5.27. The Labute approximate surface area is 110 Å². The van der Waals surface area contributed by atoms with Crippen LogP contribution in [0.25, 0.3) is 0 Å². The number of carboxylic acids is 1. The highest BCUT2D eigenvalue weighted by Crippen LogP contribution is 2.15. The molecule has 1 aliphatic heterocycles. The van der Waals surface area contributed by atoms with Crippen molar-refractivity contribution in [2.75, 3.05) is 13.1 Å². The van der Waals surface area contributed by atoms with E-state index < -0.39 is 12.1 Å². The largest absolute Gasteiger partial charge is 0.479 e. The Kier molecular flexibility index (Phi) is 3.75. The summed E-state index contributed by atoms with van der Waals surface area (Å²) in [6, 6.07) is 0. The SMILES string of the molecule is Cc1ncncc1C(=O)N1CC(C(=O)O)O[C@H](C)C1. The van der Waals surface area contributed by atoms with E-state index >= 15 is 0 Å². The van der Waals surface area contributed by atoms with E-state index in [1.54, 1.807) is 13.8 Å². The molecule has 2 rings (SSSR count). The third-order valence-corrected chi connectivity index (χ3v) is 2.96. The average Bonchev–Trinajstić information content (AvgIpc) is 2.37. The number of carboxylic acid groups (broad SMARTS) is 1. The van der Waals surface area contributed by atoms with Gasteiger partial charge >= 0.3 is 5.97 Å². The molecule has 7 nitrogen and oxygen atoms in total. The van der Waals surface area contributed by atoms with E-state index in [9.17, 15) is 9.59 Å². The minimum atomic E-state index is -1.06. The summed E-state index contributed by atoms with van der Waals surface area (Å²) in [5.74, 6) is -1.33. The first-order chi connectivity index (χ1) is 8.99. The van der Waals surface area contributed by atoms with Gasteiger partial charge in [0.2, 0.25) is 0 Å². The normalized spacial score (nSPS) is 23.2. The van der Waals surface area contributed by atoms with E-state index in [0.29, 0.717) is 17.8 Å². The standard InChI is InChI=1S/C12H15N3O4/c1-7-4-15(5-10(19-7)12(17)18)11(16)9-3-13-6-14-8(9)2/h3,6-7,10H,4-5H2,1-2H3,(H,17,18)/t7-,10?/m1/s1. The zero-order chi connectivity index (χ0) is 14.0. The van der Waals surface area contributed by atoms with Crippen LogP contribution in [-0.4, -0.2) is 57.1 Å². The number of nitrogens with zero attached hydrogens (tertiary/aromatic N) is 3. The molecular formula is C12H15N3O4. The minimum Gasteiger partial charge on any atom is -0.479 e. The second-order valence-electron chi connectivity index (χ2n) is 4.51. The van der Waals surface area contributed by atoms with Crippen molar-refractivity contribution in [3.8, 4) is 0 Å². The Hall–Kier alpha value is -2.02. The molecule has 0 aromatic carbocycles. The highest BCUT2D eigenvalue weighted by atomic mass is 16.5. The number of aliphatic carboxylic acids is 1. The molecule has 1 aromatic rings. The van der Waals surface area contributed by atoms with Gasteiger partial charge in [-0.05, 0) is 13.8 Å². The molecule has 19 heavy (non-hydrogen) atoms. The Morgan fingerprint density at radius 2 is 2.21 bits per heavy atom. The van der Waals surface area contributed by atoms with Crippen LogP contribution in [0.1, 0.15) is 23.0 Å². The number of amides is 1. The van der Waals surface area contributed by atoms with Crippen LogP contribution in [0, 0.1) is 6.92 Å². The highest BCUT2D eigenvalue weighted by Gasteiger charge is 2.33. The lowest BCUT2D eigenvalue weighted by Crippen LogP contribution is -2.51. The molecule has 2 heterocycles. The van der Waals surface area contributed by atoms with Gasteiger partial charge in [-0.1, -0.05) is 0 Å². The number of aryl methyl sites for hydroxylation is 1. The second-order valence-corrected chi connectivity index (χ2v) is 4.51. The summed E-state index contributed by atoms with van der Waals surface area (Å²) >= 11 is 0. The summed E-state index contributed by atoms with van der Waals surface area (Å²) in [6.45, 7) is 3.85. The first-order valence-corrected chi connectivity index (χ1v) is 5.93. The molecule has 1 aromatic heterocycles. The van der Waals surface area contributed by atoms with Gasteiger partial charge < -0.3 is 14.7 Å². The molecule has 1 aliphatic rings. The lowest BCUT2D eigenvalue weighted by molar-refractivity contribution is -0.160. The summed E-state index contributed by atoms with van der Waals surface area (Å²) in [7, 11) is 0.